The highest BCUT2D eigenvalue weighted by Crippen LogP contribution is 2.40. The lowest BCUT2D eigenvalue weighted by Crippen LogP contribution is -1.97. The molecule has 5 heteroatoms. The first-order valence-electron chi connectivity index (χ1n) is 5.96. The number of carboxylic acids is 1. The molecule has 0 bridgehead atoms. The molecule has 0 saturated heterocycles. The van der Waals surface area contributed by atoms with Gasteiger partial charge in [0.2, 0.25) is 0 Å². The molecule has 3 rings (SSSR count). The molecule has 0 atom stereocenters. The predicted octanol–water partition coefficient (Wildman–Crippen LogP) is 2.94. The van der Waals surface area contributed by atoms with E-state index in [0.29, 0.717) is 12.3 Å². The third-order valence-corrected chi connectivity index (χ3v) is 4.68. The lowest BCUT2D eigenvalue weighted by molar-refractivity contribution is 0.0703. The summed E-state index contributed by atoms with van der Waals surface area (Å²) in [5.41, 5.74) is 9.23. The van der Waals surface area contributed by atoms with E-state index in [1.165, 1.54) is 16.9 Å². The highest BCUT2D eigenvalue weighted by atomic mass is 32.1. The molecule has 0 saturated carbocycles. The SMILES string of the molecule is Cc1c(-c2ccc3c(c2)CCO3)sc(C(=O)O)c1N. The van der Waals surface area contributed by atoms with E-state index in [2.05, 4.69) is 6.07 Å². The molecular weight excluding hydrogens is 262 g/mol. The van der Waals surface area contributed by atoms with Crippen LogP contribution in [0, 0.1) is 6.92 Å². The first-order chi connectivity index (χ1) is 9.08. The minimum absolute atomic E-state index is 0.212. The number of benzene rings is 1. The van der Waals surface area contributed by atoms with Crippen LogP contribution in [0.25, 0.3) is 10.4 Å². The third-order valence-electron chi connectivity index (χ3n) is 3.34. The number of nitrogens with two attached hydrogens (primary N) is 1. The van der Waals surface area contributed by atoms with Gasteiger partial charge >= 0.3 is 5.97 Å². The molecule has 3 N–H and O–H groups in total. The fraction of sp³-hybridized carbons (Fsp3) is 0.214. The summed E-state index contributed by atoms with van der Waals surface area (Å²) in [7, 11) is 0. The van der Waals surface area contributed by atoms with Crippen molar-refractivity contribution >= 4 is 23.0 Å². The van der Waals surface area contributed by atoms with Crippen LogP contribution >= 0.6 is 11.3 Å². The number of rotatable bonds is 2. The molecule has 1 aliphatic heterocycles. The van der Waals surface area contributed by atoms with Gasteiger partial charge in [-0.25, -0.2) is 4.79 Å². The van der Waals surface area contributed by atoms with Crippen molar-refractivity contribution in [3.8, 4) is 16.2 Å². The minimum Gasteiger partial charge on any atom is -0.493 e. The van der Waals surface area contributed by atoms with Crippen molar-refractivity contribution in [2.24, 2.45) is 0 Å². The molecule has 0 amide bonds. The van der Waals surface area contributed by atoms with E-state index in [0.717, 1.165) is 28.2 Å². The van der Waals surface area contributed by atoms with E-state index in [1.807, 2.05) is 19.1 Å². The summed E-state index contributed by atoms with van der Waals surface area (Å²) in [6.45, 7) is 2.57. The van der Waals surface area contributed by atoms with E-state index >= 15 is 0 Å². The molecular formula is C14H13NO3S. The molecule has 2 aromatic rings. The number of anilines is 1. The van der Waals surface area contributed by atoms with Crippen molar-refractivity contribution in [3.63, 3.8) is 0 Å². The summed E-state index contributed by atoms with van der Waals surface area (Å²) in [5, 5.41) is 9.12. The minimum atomic E-state index is -0.971. The number of aromatic carboxylic acids is 1. The molecule has 0 aliphatic carbocycles. The first kappa shape index (κ1) is 12.0. The Morgan fingerprint density at radius 1 is 1.47 bits per heavy atom. The van der Waals surface area contributed by atoms with Gasteiger partial charge in [0.1, 0.15) is 10.6 Å². The van der Waals surface area contributed by atoms with E-state index < -0.39 is 5.97 Å². The van der Waals surface area contributed by atoms with Crippen LogP contribution in [0.15, 0.2) is 18.2 Å². The van der Waals surface area contributed by atoms with Gasteiger partial charge in [-0.2, -0.15) is 0 Å². The molecule has 19 heavy (non-hydrogen) atoms. The zero-order chi connectivity index (χ0) is 13.6. The molecule has 4 nitrogen and oxygen atoms in total. The zero-order valence-electron chi connectivity index (χ0n) is 10.4. The highest BCUT2D eigenvalue weighted by molar-refractivity contribution is 7.18. The van der Waals surface area contributed by atoms with Crippen LogP contribution in [-0.2, 0) is 6.42 Å². The van der Waals surface area contributed by atoms with E-state index in [9.17, 15) is 4.79 Å². The number of carbonyl (C=O) groups is 1. The molecule has 0 spiro atoms. The summed E-state index contributed by atoms with van der Waals surface area (Å²) < 4.78 is 5.47. The quantitative estimate of drug-likeness (QED) is 0.883. The summed E-state index contributed by atoms with van der Waals surface area (Å²) >= 11 is 1.23. The number of fused-ring (bicyclic) bond motifs is 1. The monoisotopic (exact) mass is 275 g/mol. The fourth-order valence-electron chi connectivity index (χ4n) is 2.29. The van der Waals surface area contributed by atoms with Gasteiger partial charge in [-0.05, 0) is 41.8 Å². The average Bonchev–Trinajstić information content (AvgIpc) is 2.95. The van der Waals surface area contributed by atoms with Crippen LogP contribution in [0.4, 0.5) is 5.69 Å². The van der Waals surface area contributed by atoms with E-state index in [4.69, 9.17) is 15.6 Å². The Balaban J connectivity index is 2.12. The van der Waals surface area contributed by atoms with Crippen LogP contribution < -0.4 is 10.5 Å². The molecule has 1 aliphatic rings. The van der Waals surface area contributed by atoms with Crippen molar-refractivity contribution in [1.29, 1.82) is 0 Å². The number of ether oxygens (including phenoxy) is 1. The first-order valence-corrected chi connectivity index (χ1v) is 6.78. The second kappa shape index (κ2) is 4.28. The van der Waals surface area contributed by atoms with Crippen molar-refractivity contribution < 1.29 is 14.6 Å². The number of thiophene rings is 1. The van der Waals surface area contributed by atoms with Gasteiger partial charge in [0.25, 0.3) is 0 Å². The van der Waals surface area contributed by atoms with Gasteiger partial charge < -0.3 is 15.6 Å². The molecule has 0 fully saturated rings. The number of nitrogen functional groups attached to an aromatic ring is 1. The Hall–Kier alpha value is -2.01. The molecule has 2 heterocycles. The van der Waals surface area contributed by atoms with Gasteiger partial charge in [0.05, 0.1) is 12.3 Å². The predicted molar refractivity (Wildman–Crippen MR) is 75.1 cm³/mol. The Morgan fingerprint density at radius 2 is 2.26 bits per heavy atom. The van der Waals surface area contributed by atoms with Crippen molar-refractivity contribution in [3.05, 3.63) is 34.2 Å². The number of carboxylic acid groups (broad SMARTS) is 1. The van der Waals surface area contributed by atoms with E-state index in [-0.39, 0.29) is 4.88 Å². The summed E-state index contributed by atoms with van der Waals surface area (Å²) in [4.78, 5) is 12.2. The number of hydrogen-bond donors (Lipinski definition) is 2. The molecule has 0 unspecified atom stereocenters. The van der Waals surface area contributed by atoms with Crippen molar-refractivity contribution in [2.75, 3.05) is 12.3 Å². The molecule has 1 aromatic heterocycles. The smallest absolute Gasteiger partial charge is 0.348 e. The number of hydrogen-bond acceptors (Lipinski definition) is 4. The maximum atomic E-state index is 11.1. The van der Waals surface area contributed by atoms with Gasteiger partial charge in [0.15, 0.2) is 0 Å². The average molecular weight is 275 g/mol. The Bertz CT molecular complexity index is 676. The van der Waals surface area contributed by atoms with Crippen LogP contribution in [-0.4, -0.2) is 17.7 Å². The standard InChI is InChI=1S/C14H13NO3S/c1-7-11(15)13(14(16)17)19-12(7)9-2-3-10-8(6-9)4-5-18-10/h2-3,6H,4-5,15H2,1H3,(H,16,17). The van der Waals surface area contributed by atoms with Crippen LogP contribution in [0.2, 0.25) is 0 Å². The maximum absolute atomic E-state index is 11.1. The second-order valence-corrected chi connectivity index (χ2v) is 5.55. The topological polar surface area (TPSA) is 72.5 Å². The van der Waals surface area contributed by atoms with Gasteiger partial charge in [0, 0.05) is 11.3 Å². The van der Waals surface area contributed by atoms with Crippen LogP contribution in [0.3, 0.4) is 0 Å². The van der Waals surface area contributed by atoms with Crippen LogP contribution in [0.5, 0.6) is 5.75 Å². The normalized spacial score (nSPS) is 13.1. The summed E-state index contributed by atoms with van der Waals surface area (Å²) in [5.74, 6) is -0.0502. The molecule has 98 valence electrons. The third kappa shape index (κ3) is 1.86. The maximum Gasteiger partial charge on any atom is 0.348 e. The lowest BCUT2D eigenvalue weighted by atomic mass is 10.0. The highest BCUT2D eigenvalue weighted by Gasteiger charge is 2.20. The van der Waals surface area contributed by atoms with Gasteiger partial charge in [-0.1, -0.05) is 0 Å². The molecule has 0 radical (unpaired) electrons. The second-order valence-electron chi connectivity index (χ2n) is 4.53. The van der Waals surface area contributed by atoms with Crippen molar-refractivity contribution in [2.45, 2.75) is 13.3 Å². The van der Waals surface area contributed by atoms with Crippen molar-refractivity contribution in [1.82, 2.24) is 0 Å². The Kier molecular flexibility index (Phi) is 2.71. The largest absolute Gasteiger partial charge is 0.493 e. The molecule has 1 aromatic carbocycles. The lowest BCUT2D eigenvalue weighted by Gasteiger charge is -2.03. The van der Waals surface area contributed by atoms with Gasteiger partial charge in [-0.15, -0.1) is 11.3 Å². The van der Waals surface area contributed by atoms with E-state index in [1.54, 1.807) is 0 Å². The Morgan fingerprint density at radius 3 is 2.95 bits per heavy atom. The summed E-state index contributed by atoms with van der Waals surface area (Å²) in [6.07, 6.45) is 0.898. The van der Waals surface area contributed by atoms with Crippen LogP contribution in [0.1, 0.15) is 20.8 Å². The zero-order valence-corrected chi connectivity index (χ0v) is 11.2. The van der Waals surface area contributed by atoms with Gasteiger partial charge in [-0.3, -0.25) is 0 Å². The Labute approximate surface area is 114 Å². The summed E-state index contributed by atoms with van der Waals surface area (Å²) in [6, 6.07) is 5.95. The fourth-order valence-corrected chi connectivity index (χ4v) is 3.35.